The quantitative estimate of drug-likeness (QED) is 0.176. The Hall–Kier alpha value is -2.18. The fourth-order valence-electron chi connectivity index (χ4n) is 3.48. The Morgan fingerprint density at radius 3 is 1.71 bits per heavy atom. The third kappa shape index (κ3) is 7.78. The number of carbonyl (C=O) groups excluding carboxylic acids is 1. The largest absolute Gasteiger partial charge is 0.464 e. The molecule has 31 heavy (non-hydrogen) atoms. The molecular formula is C27H30INO2. The number of benzene rings is 3. The standard InChI is InChI=1S/C27H30INO2/c1-22(18-28)21-31-27(30)26(17-23-11-5-2-6-12-23)29(19-24-13-7-3-8-14-24)20-25-15-9-4-10-16-25/h2-16,22,26H,17-21H2,1H3/t22-,26-/m1/s1. The van der Waals surface area contributed by atoms with Crippen LogP contribution in [-0.2, 0) is 29.0 Å². The number of esters is 1. The van der Waals surface area contributed by atoms with Gasteiger partial charge in [0.15, 0.2) is 0 Å². The smallest absolute Gasteiger partial charge is 0.323 e. The number of hydrogen-bond donors (Lipinski definition) is 0. The minimum absolute atomic E-state index is 0.146. The van der Waals surface area contributed by atoms with Gasteiger partial charge in [0.2, 0.25) is 0 Å². The van der Waals surface area contributed by atoms with E-state index in [4.69, 9.17) is 4.74 Å². The van der Waals surface area contributed by atoms with Crippen molar-refractivity contribution in [1.82, 2.24) is 4.90 Å². The Kier molecular flexibility index (Phi) is 9.56. The van der Waals surface area contributed by atoms with E-state index in [9.17, 15) is 4.79 Å². The van der Waals surface area contributed by atoms with E-state index < -0.39 is 0 Å². The van der Waals surface area contributed by atoms with Crippen LogP contribution in [0.5, 0.6) is 0 Å². The molecule has 0 aromatic heterocycles. The van der Waals surface area contributed by atoms with Crippen molar-refractivity contribution in [1.29, 1.82) is 0 Å². The van der Waals surface area contributed by atoms with Crippen LogP contribution in [0.15, 0.2) is 91.0 Å². The predicted octanol–water partition coefficient (Wildman–Crippen LogP) is 5.91. The SMILES string of the molecule is C[C@H](CI)COC(=O)[C@@H](Cc1ccccc1)N(Cc1ccccc1)Cc1ccccc1. The van der Waals surface area contributed by atoms with Crippen molar-refractivity contribution in [3.05, 3.63) is 108 Å². The molecule has 0 unspecified atom stereocenters. The molecule has 3 nitrogen and oxygen atoms in total. The molecule has 0 radical (unpaired) electrons. The highest BCUT2D eigenvalue weighted by Crippen LogP contribution is 2.19. The van der Waals surface area contributed by atoms with E-state index in [1.807, 2.05) is 54.6 Å². The first-order valence-corrected chi connectivity index (χ1v) is 12.3. The van der Waals surface area contributed by atoms with E-state index in [1.165, 1.54) is 11.1 Å². The summed E-state index contributed by atoms with van der Waals surface area (Å²) in [6, 6.07) is 30.5. The summed E-state index contributed by atoms with van der Waals surface area (Å²) >= 11 is 2.34. The van der Waals surface area contributed by atoms with Gasteiger partial charge in [-0.3, -0.25) is 9.69 Å². The number of ether oxygens (including phenoxy) is 1. The summed E-state index contributed by atoms with van der Waals surface area (Å²) in [7, 11) is 0. The van der Waals surface area contributed by atoms with E-state index in [0.29, 0.717) is 32.0 Å². The van der Waals surface area contributed by atoms with Crippen molar-refractivity contribution in [2.75, 3.05) is 11.0 Å². The van der Waals surface area contributed by atoms with Gasteiger partial charge >= 0.3 is 5.97 Å². The van der Waals surface area contributed by atoms with Crippen LogP contribution in [0.4, 0.5) is 0 Å². The fraction of sp³-hybridized carbons (Fsp3) is 0.296. The molecule has 162 valence electrons. The number of hydrogen-bond acceptors (Lipinski definition) is 3. The van der Waals surface area contributed by atoms with Gasteiger partial charge in [-0.05, 0) is 29.0 Å². The molecule has 0 saturated carbocycles. The van der Waals surface area contributed by atoms with E-state index in [2.05, 4.69) is 70.8 Å². The predicted molar refractivity (Wildman–Crippen MR) is 135 cm³/mol. The lowest BCUT2D eigenvalue weighted by atomic mass is 10.0. The molecule has 0 saturated heterocycles. The zero-order valence-corrected chi connectivity index (χ0v) is 20.1. The molecule has 3 aromatic carbocycles. The Labute approximate surface area is 199 Å². The first-order chi connectivity index (χ1) is 15.2. The molecule has 4 heteroatoms. The van der Waals surface area contributed by atoms with E-state index in [0.717, 1.165) is 9.99 Å². The fourth-order valence-corrected chi connectivity index (χ4v) is 3.73. The van der Waals surface area contributed by atoms with Crippen molar-refractivity contribution in [2.24, 2.45) is 5.92 Å². The van der Waals surface area contributed by atoms with Gasteiger partial charge in [-0.2, -0.15) is 0 Å². The minimum Gasteiger partial charge on any atom is -0.464 e. The van der Waals surface area contributed by atoms with Crippen molar-refractivity contribution in [3.8, 4) is 0 Å². The Bertz CT molecular complexity index is 861. The molecule has 3 rings (SSSR count). The summed E-state index contributed by atoms with van der Waals surface area (Å²) in [6.07, 6.45) is 0.623. The number of carbonyl (C=O) groups is 1. The molecule has 0 spiro atoms. The lowest BCUT2D eigenvalue weighted by Crippen LogP contribution is -2.43. The van der Waals surface area contributed by atoms with Gasteiger partial charge in [0.05, 0.1) is 6.61 Å². The van der Waals surface area contributed by atoms with Crippen LogP contribution in [0.25, 0.3) is 0 Å². The van der Waals surface area contributed by atoms with Crippen LogP contribution in [0.3, 0.4) is 0 Å². The van der Waals surface area contributed by atoms with Crippen LogP contribution < -0.4 is 0 Å². The number of alkyl halides is 1. The zero-order chi connectivity index (χ0) is 21.9. The highest BCUT2D eigenvalue weighted by Gasteiger charge is 2.28. The second-order valence-corrected chi connectivity index (χ2v) is 8.85. The van der Waals surface area contributed by atoms with E-state index in [-0.39, 0.29) is 12.0 Å². The molecule has 0 fully saturated rings. The van der Waals surface area contributed by atoms with Gasteiger partial charge in [-0.1, -0.05) is 121 Å². The average Bonchev–Trinajstić information content (AvgIpc) is 2.82. The van der Waals surface area contributed by atoms with Crippen LogP contribution in [0.2, 0.25) is 0 Å². The van der Waals surface area contributed by atoms with Crippen molar-refractivity contribution >= 4 is 28.6 Å². The summed E-state index contributed by atoms with van der Waals surface area (Å²) < 4.78 is 6.76. The highest BCUT2D eigenvalue weighted by molar-refractivity contribution is 14.1. The van der Waals surface area contributed by atoms with Gasteiger partial charge in [-0.25, -0.2) is 0 Å². The van der Waals surface area contributed by atoms with Crippen molar-refractivity contribution in [2.45, 2.75) is 32.5 Å². The van der Waals surface area contributed by atoms with Gasteiger partial charge < -0.3 is 4.74 Å². The first-order valence-electron chi connectivity index (χ1n) is 10.7. The Morgan fingerprint density at radius 2 is 1.26 bits per heavy atom. The van der Waals surface area contributed by atoms with E-state index >= 15 is 0 Å². The maximum atomic E-state index is 13.3. The maximum absolute atomic E-state index is 13.3. The minimum atomic E-state index is -0.357. The van der Waals surface area contributed by atoms with Crippen molar-refractivity contribution < 1.29 is 9.53 Å². The topological polar surface area (TPSA) is 29.5 Å². The maximum Gasteiger partial charge on any atom is 0.323 e. The van der Waals surface area contributed by atoms with Gasteiger partial charge in [-0.15, -0.1) is 0 Å². The van der Waals surface area contributed by atoms with Gasteiger partial charge in [0.1, 0.15) is 6.04 Å². The molecule has 0 bridgehead atoms. The monoisotopic (exact) mass is 527 g/mol. The summed E-state index contributed by atoms with van der Waals surface area (Å²) in [4.78, 5) is 15.6. The van der Waals surface area contributed by atoms with E-state index in [1.54, 1.807) is 0 Å². The molecule has 3 aromatic rings. The molecule has 0 N–H and O–H groups in total. The molecule has 0 aliphatic carbocycles. The molecule has 0 amide bonds. The first kappa shape index (κ1) is 23.5. The van der Waals surface area contributed by atoms with Crippen molar-refractivity contribution in [3.63, 3.8) is 0 Å². The average molecular weight is 527 g/mol. The summed E-state index contributed by atoms with van der Waals surface area (Å²) in [5.74, 6) is 0.200. The van der Waals surface area contributed by atoms with Crippen LogP contribution in [-0.4, -0.2) is 27.9 Å². The molecule has 0 aliphatic rings. The second kappa shape index (κ2) is 12.6. The Balaban J connectivity index is 1.88. The molecular weight excluding hydrogens is 497 g/mol. The second-order valence-electron chi connectivity index (χ2n) is 7.97. The lowest BCUT2D eigenvalue weighted by Gasteiger charge is -2.31. The van der Waals surface area contributed by atoms with Gasteiger partial charge in [0.25, 0.3) is 0 Å². The molecule has 0 heterocycles. The highest BCUT2D eigenvalue weighted by atomic mass is 127. The third-order valence-electron chi connectivity index (χ3n) is 5.22. The summed E-state index contributed by atoms with van der Waals surface area (Å²) in [6.45, 7) is 3.93. The van der Waals surface area contributed by atoms with Crippen LogP contribution in [0.1, 0.15) is 23.6 Å². The third-order valence-corrected chi connectivity index (χ3v) is 6.72. The number of halogens is 1. The lowest BCUT2D eigenvalue weighted by molar-refractivity contribution is -0.151. The molecule has 0 aliphatic heterocycles. The zero-order valence-electron chi connectivity index (χ0n) is 18.0. The molecule has 2 atom stereocenters. The van der Waals surface area contributed by atoms with Crippen LogP contribution in [0, 0.1) is 5.92 Å². The normalized spacial score (nSPS) is 13.0. The Morgan fingerprint density at radius 1 is 0.806 bits per heavy atom. The van der Waals surface area contributed by atoms with Crippen LogP contribution >= 0.6 is 22.6 Å². The number of rotatable bonds is 11. The summed E-state index contributed by atoms with van der Waals surface area (Å²) in [5.41, 5.74) is 3.51. The number of nitrogens with zero attached hydrogens (tertiary/aromatic N) is 1. The summed E-state index contributed by atoms with van der Waals surface area (Å²) in [5, 5.41) is 0. The van der Waals surface area contributed by atoms with Gasteiger partial charge in [0, 0.05) is 17.5 Å².